The minimum absolute atomic E-state index is 0. The molecule has 1 aliphatic heterocycles. The van der Waals surface area contributed by atoms with Crippen molar-refractivity contribution >= 4 is 34.1 Å². The molecule has 1 aliphatic rings. The fourth-order valence-electron chi connectivity index (χ4n) is 2.06. The van der Waals surface area contributed by atoms with Crippen molar-refractivity contribution in [3.8, 4) is 0 Å². The van der Waals surface area contributed by atoms with Gasteiger partial charge >= 0.3 is 0 Å². The second-order valence-corrected chi connectivity index (χ2v) is 5.15. The Morgan fingerprint density at radius 2 is 2.19 bits per heavy atom. The Morgan fingerprint density at radius 3 is 2.81 bits per heavy atom. The van der Waals surface area contributed by atoms with Crippen molar-refractivity contribution in [2.75, 3.05) is 6.54 Å². The third kappa shape index (κ3) is 2.84. The zero-order chi connectivity index (χ0) is 10.9. The lowest BCUT2D eigenvalue weighted by Gasteiger charge is -2.34. The van der Waals surface area contributed by atoms with Gasteiger partial charge in [-0.2, -0.15) is 0 Å². The molecule has 1 atom stereocenters. The lowest BCUT2D eigenvalue weighted by atomic mass is 9.83. The highest BCUT2D eigenvalue weighted by atomic mass is 79.9. The Kier molecular flexibility index (Phi) is 4.53. The van der Waals surface area contributed by atoms with Crippen LogP contribution in [-0.4, -0.2) is 12.3 Å². The molecule has 0 saturated carbocycles. The Bertz CT molecular complexity index is 396. The molecule has 0 aliphatic carbocycles. The minimum atomic E-state index is -0.195. The van der Waals surface area contributed by atoms with E-state index < -0.39 is 0 Å². The van der Waals surface area contributed by atoms with Crippen LogP contribution in [0.1, 0.15) is 25.3 Å². The van der Waals surface area contributed by atoms with Crippen molar-refractivity contribution in [1.82, 2.24) is 5.32 Å². The molecule has 0 amide bonds. The lowest BCUT2D eigenvalue weighted by Crippen LogP contribution is -2.46. The van der Waals surface area contributed by atoms with Gasteiger partial charge in [0.2, 0.25) is 0 Å². The van der Waals surface area contributed by atoms with Gasteiger partial charge in [-0.05, 0) is 24.6 Å². The maximum absolute atomic E-state index is 11.5. The van der Waals surface area contributed by atoms with Gasteiger partial charge < -0.3 is 5.32 Å². The number of ketones is 1. The Balaban J connectivity index is 0.00000128. The topological polar surface area (TPSA) is 29.1 Å². The van der Waals surface area contributed by atoms with E-state index in [2.05, 4.69) is 40.3 Å². The van der Waals surface area contributed by atoms with Crippen molar-refractivity contribution in [2.45, 2.75) is 25.3 Å². The molecule has 0 radical (unpaired) electrons. The summed E-state index contributed by atoms with van der Waals surface area (Å²) < 4.78 is 1.06. The molecule has 1 saturated heterocycles. The number of Topliss-reactive ketones (excluding diaryl/α,β-unsaturated/α-hetero) is 1. The molecule has 88 valence electrons. The number of hydrogen-bond donors (Lipinski definition) is 1. The maximum atomic E-state index is 11.5. The van der Waals surface area contributed by atoms with Gasteiger partial charge in [0.25, 0.3) is 0 Å². The summed E-state index contributed by atoms with van der Waals surface area (Å²) >= 11 is 3.46. The highest BCUT2D eigenvalue weighted by molar-refractivity contribution is 9.10. The van der Waals surface area contributed by atoms with Gasteiger partial charge in [-0.1, -0.05) is 28.1 Å². The molecule has 0 bridgehead atoms. The fraction of sp³-hybridized carbons (Fsp3) is 0.417. The number of hydrogen-bond acceptors (Lipinski definition) is 2. The highest BCUT2D eigenvalue weighted by Gasteiger charge is 2.32. The van der Waals surface area contributed by atoms with E-state index in [-0.39, 0.29) is 17.9 Å². The maximum Gasteiger partial charge on any atom is 0.136 e. The van der Waals surface area contributed by atoms with Crippen LogP contribution < -0.4 is 5.32 Å². The zero-order valence-corrected chi connectivity index (χ0v) is 11.5. The third-order valence-electron chi connectivity index (χ3n) is 2.93. The van der Waals surface area contributed by atoms with Gasteiger partial charge in [-0.25, -0.2) is 0 Å². The molecule has 0 aromatic heterocycles. The first-order chi connectivity index (χ1) is 7.10. The van der Waals surface area contributed by atoms with Gasteiger partial charge in [-0.3, -0.25) is 4.79 Å². The number of benzene rings is 1. The molecular weight excluding hydrogens is 289 g/mol. The number of carbonyl (C=O) groups excluding carboxylic acids is 1. The average molecular weight is 305 g/mol. The van der Waals surface area contributed by atoms with Crippen molar-refractivity contribution in [3.63, 3.8) is 0 Å². The Labute approximate surface area is 110 Å². The summed E-state index contributed by atoms with van der Waals surface area (Å²) in [4.78, 5) is 11.5. The first kappa shape index (κ1) is 13.7. The van der Waals surface area contributed by atoms with Crippen LogP contribution in [0.25, 0.3) is 0 Å². The number of piperidine rings is 1. The molecular formula is C12H15BrClNO. The summed E-state index contributed by atoms with van der Waals surface area (Å²) in [7, 11) is 0. The van der Waals surface area contributed by atoms with E-state index in [1.54, 1.807) is 0 Å². The van der Waals surface area contributed by atoms with Crippen LogP contribution in [-0.2, 0) is 10.3 Å². The first-order valence-corrected chi connectivity index (χ1v) is 5.92. The van der Waals surface area contributed by atoms with E-state index in [4.69, 9.17) is 0 Å². The summed E-state index contributed by atoms with van der Waals surface area (Å²) in [5.41, 5.74) is 0.976. The molecule has 1 aromatic rings. The average Bonchev–Trinajstić information content (AvgIpc) is 2.17. The Morgan fingerprint density at radius 1 is 1.44 bits per heavy atom. The highest BCUT2D eigenvalue weighted by Crippen LogP contribution is 2.29. The predicted octanol–water partition coefficient (Wildman–Crippen LogP) is 3.04. The summed E-state index contributed by atoms with van der Waals surface area (Å²) in [5.74, 6) is 0.344. The van der Waals surface area contributed by atoms with Crippen LogP contribution in [0, 0.1) is 0 Å². The standard InChI is InChI=1S/C12H14BrNO.ClH/c1-12(8-11(15)5-6-14-12)9-3-2-4-10(13)7-9;/h2-4,7,14H,5-6,8H2,1H3;1H. The van der Waals surface area contributed by atoms with E-state index in [0.717, 1.165) is 11.0 Å². The second kappa shape index (κ2) is 5.30. The summed E-state index contributed by atoms with van der Waals surface area (Å²) in [6, 6.07) is 8.14. The van der Waals surface area contributed by atoms with Gasteiger partial charge in [0, 0.05) is 29.4 Å². The number of rotatable bonds is 1. The molecule has 4 heteroatoms. The number of halogens is 2. The molecule has 1 N–H and O–H groups in total. The molecule has 1 fully saturated rings. The minimum Gasteiger partial charge on any atom is -0.307 e. The third-order valence-corrected chi connectivity index (χ3v) is 3.42. The van der Waals surface area contributed by atoms with Gasteiger partial charge in [-0.15, -0.1) is 12.4 Å². The van der Waals surface area contributed by atoms with E-state index in [1.807, 2.05) is 12.1 Å². The van der Waals surface area contributed by atoms with E-state index >= 15 is 0 Å². The molecule has 2 rings (SSSR count). The Hall–Kier alpha value is -0.380. The largest absolute Gasteiger partial charge is 0.307 e. The van der Waals surface area contributed by atoms with Gasteiger partial charge in [0.1, 0.15) is 5.78 Å². The molecule has 1 heterocycles. The first-order valence-electron chi connectivity index (χ1n) is 5.13. The van der Waals surface area contributed by atoms with Crippen LogP contribution in [0.15, 0.2) is 28.7 Å². The SMILES string of the molecule is CC1(c2cccc(Br)c2)CC(=O)CCN1.Cl. The normalized spacial score (nSPS) is 25.0. The van der Waals surface area contributed by atoms with Crippen LogP contribution in [0.5, 0.6) is 0 Å². The smallest absolute Gasteiger partial charge is 0.136 e. The van der Waals surface area contributed by atoms with E-state index in [0.29, 0.717) is 18.6 Å². The summed E-state index contributed by atoms with van der Waals surface area (Å²) in [6.45, 7) is 2.87. The van der Waals surface area contributed by atoms with Crippen LogP contribution in [0.4, 0.5) is 0 Å². The van der Waals surface area contributed by atoms with Crippen LogP contribution in [0.3, 0.4) is 0 Å². The van der Waals surface area contributed by atoms with E-state index in [1.165, 1.54) is 5.56 Å². The molecule has 2 nitrogen and oxygen atoms in total. The predicted molar refractivity (Wildman–Crippen MR) is 71.0 cm³/mol. The zero-order valence-electron chi connectivity index (χ0n) is 9.13. The summed E-state index contributed by atoms with van der Waals surface area (Å²) in [5, 5.41) is 3.43. The lowest BCUT2D eigenvalue weighted by molar-refractivity contribution is -0.122. The van der Waals surface area contributed by atoms with Crippen LogP contribution >= 0.6 is 28.3 Å². The number of nitrogens with one attached hydrogen (secondary N) is 1. The molecule has 0 spiro atoms. The fourth-order valence-corrected chi connectivity index (χ4v) is 2.46. The number of carbonyl (C=O) groups is 1. The molecule has 1 aromatic carbocycles. The van der Waals surface area contributed by atoms with E-state index in [9.17, 15) is 4.79 Å². The van der Waals surface area contributed by atoms with Crippen molar-refractivity contribution in [1.29, 1.82) is 0 Å². The second-order valence-electron chi connectivity index (χ2n) is 4.23. The van der Waals surface area contributed by atoms with Crippen molar-refractivity contribution < 1.29 is 4.79 Å². The van der Waals surface area contributed by atoms with Crippen LogP contribution in [0.2, 0.25) is 0 Å². The quantitative estimate of drug-likeness (QED) is 0.864. The van der Waals surface area contributed by atoms with Crippen molar-refractivity contribution in [3.05, 3.63) is 34.3 Å². The van der Waals surface area contributed by atoms with Gasteiger partial charge in [0.05, 0.1) is 0 Å². The van der Waals surface area contributed by atoms with Gasteiger partial charge in [0.15, 0.2) is 0 Å². The summed E-state index contributed by atoms with van der Waals surface area (Å²) in [6.07, 6.45) is 1.24. The molecule has 16 heavy (non-hydrogen) atoms. The van der Waals surface area contributed by atoms with Crippen molar-refractivity contribution in [2.24, 2.45) is 0 Å². The monoisotopic (exact) mass is 303 g/mol. The molecule has 1 unspecified atom stereocenters.